The fourth-order valence-corrected chi connectivity index (χ4v) is 1.63. The van der Waals surface area contributed by atoms with Crippen molar-refractivity contribution in [1.29, 1.82) is 5.26 Å². The van der Waals surface area contributed by atoms with Gasteiger partial charge in [-0.05, 0) is 12.1 Å². The number of sulfonamides is 1. The minimum Gasteiger partial charge on any atom is -0.495 e. The number of hydrogen-bond acceptors (Lipinski definition) is 5. The lowest BCUT2D eigenvalue weighted by Gasteiger charge is -2.07. The molecule has 0 bridgehead atoms. The third-order valence-corrected chi connectivity index (χ3v) is 2.52. The van der Waals surface area contributed by atoms with Gasteiger partial charge in [-0.3, -0.25) is 0 Å². The molecule has 0 heterocycles. The second kappa shape index (κ2) is 5.19. The number of methoxy groups -OCH3 is 1. The summed E-state index contributed by atoms with van der Waals surface area (Å²) in [6.07, 6.45) is 0. The first-order valence-electron chi connectivity index (χ1n) is 3.68. The van der Waals surface area contributed by atoms with Crippen molar-refractivity contribution in [1.82, 2.24) is 0 Å². The van der Waals surface area contributed by atoms with Crippen molar-refractivity contribution in [3.05, 3.63) is 18.2 Å². The van der Waals surface area contributed by atoms with E-state index in [1.807, 2.05) is 0 Å². The lowest BCUT2D eigenvalue weighted by Crippen LogP contribution is -2.14. The molecule has 0 saturated carbocycles. The molecule has 1 aromatic rings. The molecule has 4 N–H and O–H groups in total. The van der Waals surface area contributed by atoms with Crippen molar-refractivity contribution in [3.63, 3.8) is 0 Å². The normalized spacial score (nSPS) is 9.87. The zero-order chi connectivity index (χ0) is 12.1. The molecule has 7 heteroatoms. The summed E-state index contributed by atoms with van der Waals surface area (Å²) in [5.74, 6) is 0.298. The highest BCUT2D eigenvalue weighted by molar-refractivity contribution is 7.89. The predicted octanol–water partition coefficient (Wildman–Crippen LogP) is 0.0646. The number of rotatable bonds is 2. The van der Waals surface area contributed by atoms with Gasteiger partial charge >= 0.3 is 0 Å². The molecular formula is C8H11N3O3S. The van der Waals surface area contributed by atoms with Crippen LogP contribution in [-0.4, -0.2) is 15.5 Å². The van der Waals surface area contributed by atoms with E-state index in [1.54, 1.807) is 6.07 Å². The Morgan fingerprint density at radius 2 is 1.93 bits per heavy atom. The fourth-order valence-electron chi connectivity index (χ4n) is 0.950. The quantitative estimate of drug-likeness (QED) is 0.695. The Morgan fingerprint density at radius 3 is 2.33 bits per heavy atom. The molecule has 0 unspecified atom stereocenters. The molecule has 1 aromatic carbocycles. The summed E-state index contributed by atoms with van der Waals surface area (Å²) in [6.45, 7) is 3.50. The Balaban J connectivity index is 0.000000921. The highest BCUT2D eigenvalue weighted by atomic mass is 32.2. The van der Waals surface area contributed by atoms with Crippen LogP contribution in [0.25, 0.3) is 0 Å². The van der Waals surface area contributed by atoms with Crippen molar-refractivity contribution >= 4 is 15.7 Å². The fraction of sp³-hybridized carbons (Fsp3) is 0.125. The topological polar surface area (TPSA) is 119 Å². The van der Waals surface area contributed by atoms with Gasteiger partial charge in [0, 0.05) is 6.57 Å². The summed E-state index contributed by atoms with van der Waals surface area (Å²) < 4.78 is 26.8. The predicted molar refractivity (Wildman–Crippen MR) is 55.4 cm³/mol. The van der Waals surface area contributed by atoms with Gasteiger partial charge < -0.3 is 10.5 Å². The zero-order valence-electron chi connectivity index (χ0n) is 8.04. The third-order valence-electron chi connectivity index (χ3n) is 1.55. The van der Waals surface area contributed by atoms with E-state index in [1.165, 1.54) is 19.2 Å². The third kappa shape index (κ3) is 3.12. The summed E-state index contributed by atoms with van der Waals surface area (Å²) in [7, 11) is -2.37. The monoisotopic (exact) mass is 229 g/mol. The summed E-state index contributed by atoms with van der Waals surface area (Å²) >= 11 is 0. The first-order chi connectivity index (χ1) is 6.96. The maximum Gasteiger partial charge on any atom is 0.240 e. The first-order valence-corrected chi connectivity index (χ1v) is 5.22. The van der Waals surface area contributed by atoms with Crippen LogP contribution in [0.3, 0.4) is 0 Å². The summed E-state index contributed by atoms with van der Waals surface area (Å²) in [6, 6.07) is 4.39. The number of nitriles is 1. The number of primary sulfonamides is 1. The molecule has 0 aromatic heterocycles. The first kappa shape index (κ1) is 13.2. The van der Waals surface area contributed by atoms with Crippen LogP contribution in [0.15, 0.2) is 23.1 Å². The van der Waals surface area contributed by atoms with E-state index in [0.29, 0.717) is 5.75 Å². The van der Waals surface area contributed by atoms with Crippen LogP contribution in [0.1, 0.15) is 0 Å². The van der Waals surface area contributed by atoms with Gasteiger partial charge in [-0.15, -0.1) is 0 Å². The number of para-hydroxylation sites is 1. The van der Waals surface area contributed by atoms with Gasteiger partial charge in [0.2, 0.25) is 10.0 Å². The molecule has 82 valence electrons. The van der Waals surface area contributed by atoms with Gasteiger partial charge in [0.15, 0.2) is 0 Å². The van der Waals surface area contributed by atoms with Crippen LogP contribution in [0.5, 0.6) is 5.75 Å². The van der Waals surface area contributed by atoms with Gasteiger partial charge in [0.05, 0.1) is 12.8 Å². The van der Waals surface area contributed by atoms with Gasteiger partial charge in [0.1, 0.15) is 10.6 Å². The average molecular weight is 229 g/mol. The maximum absolute atomic E-state index is 11.0. The molecule has 0 aliphatic rings. The van der Waals surface area contributed by atoms with E-state index in [9.17, 15) is 8.42 Å². The Hall–Kier alpha value is -1.78. The second-order valence-electron chi connectivity index (χ2n) is 2.42. The Bertz CT molecular complexity index is 453. The zero-order valence-corrected chi connectivity index (χ0v) is 8.86. The van der Waals surface area contributed by atoms with Gasteiger partial charge in [-0.1, -0.05) is 6.07 Å². The Morgan fingerprint density at radius 1 is 1.40 bits per heavy atom. The minimum atomic E-state index is -3.77. The highest BCUT2D eigenvalue weighted by Gasteiger charge is 2.14. The van der Waals surface area contributed by atoms with Gasteiger partial charge in [-0.2, -0.15) is 0 Å². The summed E-state index contributed by atoms with van der Waals surface area (Å²) in [5.41, 5.74) is 5.53. The van der Waals surface area contributed by atoms with Crippen LogP contribution in [0.4, 0.5) is 5.69 Å². The van der Waals surface area contributed by atoms with Crippen LogP contribution in [0, 0.1) is 11.8 Å². The van der Waals surface area contributed by atoms with Crippen molar-refractivity contribution in [2.45, 2.75) is 4.90 Å². The number of nitrogen functional groups attached to an aromatic ring is 1. The van der Waals surface area contributed by atoms with E-state index < -0.39 is 10.0 Å². The number of nitrogens with zero attached hydrogens (tertiary/aromatic N) is 1. The Kier molecular flexibility index (Phi) is 4.57. The van der Waals surface area contributed by atoms with Crippen LogP contribution in [-0.2, 0) is 10.0 Å². The summed E-state index contributed by atoms with van der Waals surface area (Å²) in [5, 5.41) is 11.4. The van der Waals surface area contributed by atoms with E-state index in [2.05, 4.69) is 6.57 Å². The molecule has 15 heavy (non-hydrogen) atoms. The molecule has 0 amide bonds. The average Bonchev–Trinajstić information content (AvgIpc) is 2.19. The molecule has 0 fully saturated rings. The molecule has 0 aliphatic heterocycles. The number of nitrogens with two attached hydrogens (primary N) is 2. The standard InChI is InChI=1S/C7H10N2O3S.CHN/c1-12-5-3-2-4-6(7(5)8)13(9,10)11;1-2/h2-4H,8H2,1H3,(H2,9,10,11);1H. The number of ether oxygens (including phenoxy) is 1. The Labute approximate surface area is 88.1 Å². The van der Waals surface area contributed by atoms with Crippen molar-refractivity contribution in [2.75, 3.05) is 12.8 Å². The van der Waals surface area contributed by atoms with Gasteiger partial charge in [0.25, 0.3) is 0 Å². The maximum atomic E-state index is 11.0. The number of anilines is 1. The molecular weight excluding hydrogens is 218 g/mol. The largest absolute Gasteiger partial charge is 0.495 e. The van der Waals surface area contributed by atoms with Crippen LogP contribution < -0.4 is 15.6 Å². The van der Waals surface area contributed by atoms with E-state index in [0.717, 1.165) is 0 Å². The molecule has 0 saturated heterocycles. The van der Waals surface area contributed by atoms with Crippen LogP contribution in [0.2, 0.25) is 0 Å². The SMILES string of the molecule is C#N.COc1cccc(S(N)(=O)=O)c1N. The van der Waals surface area contributed by atoms with E-state index >= 15 is 0 Å². The molecule has 0 aliphatic carbocycles. The van der Waals surface area contributed by atoms with Crippen LogP contribution >= 0.6 is 0 Å². The lowest BCUT2D eigenvalue weighted by atomic mass is 10.3. The summed E-state index contributed by atoms with van der Waals surface area (Å²) in [4.78, 5) is -0.119. The number of hydrogen-bond donors (Lipinski definition) is 2. The van der Waals surface area contributed by atoms with Crippen molar-refractivity contribution < 1.29 is 13.2 Å². The molecule has 0 atom stereocenters. The van der Waals surface area contributed by atoms with E-state index in [-0.39, 0.29) is 10.6 Å². The molecule has 1 rings (SSSR count). The minimum absolute atomic E-state index is 0.0347. The smallest absolute Gasteiger partial charge is 0.240 e. The highest BCUT2D eigenvalue weighted by Crippen LogP contribution is 2.26. The number of benzene rings is 1. The lowest BCUT2D eigenvalue weighted by molar-refractivity contribution is 0.416. The second-order valence-corrected chi connectivity index (χ2v) is 3.95. The van der Waals surface area contributed by atoms with Crippen molar-refractivity contribution in [3.8, 4) is 12.3 Å². The van der Waals surface area contributed by atoms with E-state index in [4.69, 9.17) is 20.9 Å². The molecule has 0 radical (unpaired) electrons. The molecule has 6 nitrogen and oxygen atoms in total. The van der Waals surface area contributed by atoms with Gasteiger partial charge in [-0.25, -0.2) is 18.8 Å². The molecule has 0 spiro atoms. The van der Waals surface area contributed by atoms with Crippen molar-refractivity contribution in [2.24, 2.45) is 5.14 Å².